The van der Waals surface area contributed by atoms with Crippen molar-refractivity contribution in [3.63, 3.8) is 0 Å². The summed E-state index contributed by atoms with van der Waals surface area (Å²) in [5.41, 5.74) is 1.10. The van der Waals surface area contributed by atoms with Crippen LogP contribution in [0.15, 0.2) is 42.8 Å². The molecule has 1 heterocycles. The van der Waals surface area contributed by atoms with E-state index in [0.717, 1.165) is 5.69 Å². The van der Waals surface area contributed by atoms with Gasteiger partial charge in [-0.25, -0.2) is 0 Å². The van der Waals surface area contributed by atoms with Gasteiger partial charge in [0, 0.05) is 18.8 Å². The summed E-state index contributed by atoms with van der Waals surface area (Å²) in [5.74, 6) is 0. The van der Waals surface area contributed by atoms with Crippen LogP contribution in [0, 0.1) is 6.92 Å². The fraction of sp³-hybridized carbons (Fsp3) is 0.100. The van der Waals surface area contributed by atoms with Crippen molar-refractivity contribution in [2.75, 3.05) is 4.90 Å². The van der Waals surface area contributed by atoms with Crippen LogP contribution in [0.4, 0.5) is 5.69 Å². The summed E-state index contributed by atoms with van der Waals surface area (Å²) < 4.78 is 5.15. The van der Waals surface area contributed by atoms with Gasteiger partial charge in [-0.1, -0.05) is 18.2 Å². The first-order valence-corrected chi connectivity index (χ1v) is 3.86. The molecule has 2 nitrogen and oxygen atoms in total. The van der Waals surface area contributed by atoms with Crippen LogP contribution in [0.1, 0.15) is 0 Å². The first-order valence-electron chi connectivity index (χ1n) is 3.86. The Hall–Kier alpha value is -1.44. The van der Waals surface area contributed by atoms with Crippen LogP contribution >= 0.6 is 0 Å². The van der Waals surface area contributed by atoms with Crippen molar-refractivity contribution in [2.24, 2.45) is 0 Å². The fourth-order valence-electron chi connectivity index (χ4n) is 1.21. The van der Waals surface area contributed by atoms with E-state index >= 15 is 0 Å². The number of hydrogen-bond acceptors (Lipinski definition) is 2. The van der Waals surface area contributed by atoms with Crippen molar-refractivity contribution >= 4 is 5.69 Å². The van der Waals surface area contributed by atoms with Gasteiger partial charge in [0.15, 0.2) is 6.23 Å². The van der Waals surface area contributed by atoms with Crippen LogP contribution < -0.4 is 4.90 Å². The topological polar surface area (TPSA) is 12.5 Å². The number of rotatable bonds is 1. The van der Waals surface area contributed by atoms with E-state index in [9.17, 15) is 0 Å². The first kappa shape index (κ1) is 7.22. The third kappa shape index (κ3) is 1.16. The zero-order valence-electron chi connectivity index (χ0n) is 6.68. The van der Waals surface area contributed by atoms with E-state index in [-0.39, 0.29) is 6.23 Å². The summed E-state index contributed by atoms with van der Waals surface area (Å²) >= 11 is 0. The highest BCUT2D eigenvalue weighted by Crippen LogP contribution is 2.20. The monoisotopic (exact) mass is 160 g/mol. The zero-order valence-corrected chi connectivity index (χ0v) is 6.68. The lowest BCUT2D eigenvalue weighted by atomic mass is 10.3. The molecule has 0 saturated carbocycles. The Morgan fingerprint density at radius 2 is 2.00 bits per heavy atom. The lowest BCUT2D eigenvalue weighted by Crippen LogP contribution is -2.24. The zero-order chi connectivity index (χ0) is 8.39. The van der Waals surface area contributed by atoms with Gasteiger partial charge in [0.25, 0.3) is 0 Å². The third-order valence-corrected chi connectivity index (χ3v) is 1.82. The third-order valence-electron chi connectivity index (χ3n) is 1.82. The van der Waals surface area contributed by atoms with E-state index in [1.807, 2.05) is 41.4 Å². The summed E-state index contributed by atoms with van der Waals surface area (Å²) in [6, 6.07) is 10.0. The number of hydrogen-bond donors (Lipinski definition) is 0. The lowest BCUT2D eigenvalue weighted by molar-refractivity contribution is 0.213. The maximum absolute atomic E-state index is 5.15. The smallest absolute Gasteiger partial charge is 0.175 e. The van der Waals surface area contributed by atoms with E-state index in [1.54, 1.807) is 6.26 Å². The Morgan fingerprint density at radius 3 is 2.58 bits per heavy atom. The number of nitrogens with zero attached hydrogens (tertiary/aromatic N) is 1. The Balaban J connectivity index is 2.25. The minimum Gasteiger partial charge on any atom is -0.476 e. The number of para-hydroxylation sites is 1. The van der Waals surface area contributed by atoms with E-state index in [4.69, 9.17) is 4.74 Å². The molecule has 1 radical (unpaired) electrons. The molecule has 0 bridgehead atoms. The summed E-state index contributed by atoms with van der Waals surface area (Å²) in [7, 11) is 0. The van der Waals surface area contributed by atoms with Gasteiger partial charge in [-0.15, -0.1) is 0 Å². The molecular formula is C10H10NO. The van der Waals surface area contributed by atoms with Gasteiger partial charge in [0.1, 0.15) is 6.26 Å². The van der Waals surface area contributed by atoms with E-state index < -0.39 is 0 Å². The van der Waals surface area contributed by atoms with E-state index in [0.29, 0.717) is 0 Å². The molecule has 61 valence electrons. The second-order valence-corrected chi connectivity index (χ2v) is 2.62. The molecule has 1 aliphatic heterocycles. The van der Waals surface area contributed by atoms with Crippen molar-refractivity contribution in [2.45, 2.75) is 6.23 Å². The van der Waals surface area contributed by atoms with Crippen LogP contribution in [0.2, 0.25) is 0 Å². The lowest BCUT2D eigenvalue weighted by Gasteiger charge is -2.20. The normalized spacial score (nSPS) is 21.1. The molecule has 0 amide bonds. The van der Waals surface area contributed by atoms with Crippen LogP contribution in [0.3, 0.4) is 0 Å². The molecule has 0 saturated heterocycles. The molecule has 1 aliphatic rings. The van der Waals surface area contributed by atoms with Crippen LogP contribution in [0.25, 0.3) is 0 Å². The van der Waals surface area contributed by atoms with Crippen molar-refractivity contribution in [1.29, 1.82) is 0 Å². The molecule has 0 spiro atoms. The molecule has 1 atom stereocenters. The standard InChI is InChI=1S/C10H10NO/c1-9-11(7-8-12-9)10-5-3-2-4-6-10/h2-9H,1H2. The first-order chi connectivity index (χ1) is 5.88. The number of ether oxygens (including phenoxy) is 1. The van der Waals surface area contributed by atoms with Gasteiger partial charge >= 0.3 is 0 Å². The molecule has 12 heavy (non-hydrogen) atoms. The summed E-state index contributed by atoms with van der Waals surface area (Å²) in [6.07, 6.45) is 3.41. The predicted octanol–water partition coefficient (Wildman–Crippen LogP) is 2.15. The summed E-state index contributed by atoms with van der Waals surface area (Å²) in [4.78, 5) is 1.97. The SMILES string of the molecule is [CH2]C1OC=CN1c1ccccc1. The quantitative estimate of drug-likeness (QED) is 0.624. The average molecular weight is 160 g/mol. The average Bonchev–Trinajstić information content (AvgIpc) is 2.53. The van der Waals surface area contributed by atoms with Crippen LogP contribution in [-0.4, -0.2) is 6.23 Å². The Kier molecular flexibility index (Phi) is 1.74. The summed E-state index contributed by atoms with van der Waals surface area (Å²) in [6.45, 7) is 3.84. The Bertz CT molecular complexity index is 281. The van der Waals surface area contributed by atoms with Gasteiger partial charge in [-0.05, 0) is 12.1 Å². The fourth-order valence-corrected chi connectivity index (χ4v) is 1.21. The molecule has 0 aromatic heterocycles. The molecule has 0 N–H and O–H groups in total. The van der Waals surface area contributed by atoms with Crippen molar-refractivity contribution in [1.82, 2.24) is 0 Å². The highest BCUT2D eigenvalue weighted by Gasteiger charge is 2.15. The molecule has 1 aromatic rings. The van der Waals surface area contributed by atoms with Crippen LogP contribution in [0.5, 0.6) is 0 Å². The maximum Gasteiger partial charge on any atom is 0.175 e. The van der Waals surface area contributed by atoms with E-state index in [1.165, 1.54) is 0 Å². The molecule has 1 aromatic carbocycles. The molecule has 2 rings (SSSR count). The van der Waals surface area contributed by atoms with Gasteiger partial charge in [0.2, 0.25) is 0 Å². The minimum atomic E-state index is -0.132. The molecule has 0 aliphatic carbocycles. The highest BCUT2D eigenvalue weighted by molar-refractivity contribution is 5.50. The van der Waals surface area contributed by atoms with Gasteiger partial charge in [0.05, 0.1) is 0 Å². The minimum absolute atomic E-state index is 0.132. The summed E-state index contributed by atoms with van der Waals surface area (Å²) in [5, 5.41) is 0. The van der Waals surface area contributed by atoms with Crippen molar-refractivity contribution < 1.29 is 4.74 Å². The van der Waals surface area contributed by atoms with Crippen molar-refractivity contribution in [3.05, 3.63) is 49.7 Å². The maximum atomic E-state index is 5.15. The largest absolute Gasteiger partial charge is 0.476 e. The molecule has 2 heteroatoms. The van der Waals surface area contributed by atoms with Crippen LogP contribution in [-0.2, 0) is 4.74 Å². The van der Waals surface area contributed by atoms with Crippen molar-refractivity contribution in [3.8, 4) is 0 Å². The predicted molar refractivity (Wildman–Crippen MR) is 48.3 cm³/mol. The van der Waals surface area contributed by atoms with E-state index in [2.05, 4.69) is 6.92 Å². The highest BCUT2D eigenvalue weighted by atomic mass is 16.5. The number of anilines is 1. The second kappa shape index (κ2) is 2.89. The second-order valence-electron chi connectivity index (χ2n) is 2.62. The number of benzene rings is 1. The van der Waals surface area contributed by atoms with Gasteiger partial charge in [-0.3, -0.25) is 0 Å². The molecule has 0 fully saturated rings. The molecule has 1 unspecified atom stereocenters. The molecular weight excluding hydrogens is 150 g/mol. The van der Waals surface area contributed by atoms with Gasteiger partial charge in [-0.2, -0.15) is 0 Å². The Morgan fingerprint density at radius 1 is 1.25 bits per heavy atom. The van der Waals surface area contributed by atoms with Gasteiger partial charge < -0.3 is 9.64 Å². The Labute approximate surface area is 72.1 Å².